The van der Waals surface area contributed by atoms with Gasteiger partial charge in [0.2, 0.25) is 0 Å². The standard InChI is InChI=1S/C31H61NO4/c1-3-5-7-9-11-13-15-17-19-21-23-25-27-32(29-30(33)36-31(34)35)28-26-24-22-20-18-16-14-12-10-8-6-4-2/h3-29H2,1-2H3,(H,34,35). The van der Waals surface area contributed by atoms with E-state index in [1.54, 1.807) is 0 Å². The molecular formula is C31H61NO4. The van der Waals surface area contributed by atoms with Crippen LogP contribution in [0, 0.1) is 0 Å². The minimum absolute atomic E-state index is 0.0857. The first-order valence-corrected chi connectivity index (χ1v) is 15.8. The summed E-state index contributed by atoms with van der Waals surface area (Å²) in [5.74, 6) is -0.652. The monoisotopic (exact) mass is 511 g/mol. The Morgan fingerprint density at radius 3 is 1.06 bits per heavy atom. The summed E-state index contributed by atoms with van der Waals surface area (Å²) in [6.45, 7) is 6.32. The first kappa shape index (κ1) is 34.9. The first-order chi connectivity index (χ1) is 17.6. The molecule has 0 atom stereocenters. The number of ether oxygens (including phenoxy) is 1. The summed E-state index contributed by atoms with van der Waals surface area (Å²) in [7, 11) is 0. The highest BCUT2D eigenvalue weighted by atomic mass is 16.7. The highest BCUT2D eigenvalue weighted by Crippen LogP contribution is 2.14. The molecule has 0 aliphatic rings. The molecular weight excluding hydrogens is 450 g/mol. The van der Waals surface area contributed by atoms with Gasteiger partial charge in [-0.15, -0.1) is 0 Å². The van der Waals surface area contributed by atoms with E-state index in [2.05, 4.69) is 23.5 Å². The second-order valence-electron chi connectivity index (χ2n) is 10.8. The molecule has 0 radical (unpaired) electrons. The molecule has 0 heterocycles. The fourth-order valence-corrected chi connectivity index (χ4v) is 4.93. The van der Waals surface area contributed by atoms with Gasteiger partial charge in [0, 0.05) is 0 Å². The number of rotatable bonds is 28. The largest absolute Gasteiger partial charge is 0.513 e. The van der Waals surface area contributed by atoms with E-state index in [1.165, 1.54) is 141 Å². The Labute approximate surface area is 224 Å². The number of esters is 1. The second-order valence-corrected chi connectivity index (χ2v) is 10.8. The fraction of sp³-hybridized carbons (Fsp3) is 0.935. The number of carbonyl (C=O) groups excluding carboxylic acids is 1. The minimum Gasteiger partial charge on any atom is -0.449 e. The van der Waals surface area contributed by atoms with Crippen LogP contribution >= 0.6 is 0 Å². The van der Waals surface area contributed by atoms with Crippen LogP contribution in [0.3, 0.4) is 0 Å². The third-order valence-electron chi connectivity index (χ3n) is 7.21. The smallest absolute Gasteiger partial charge is 0.449 e. The number of nitrogens with zero attached hydrogens (tertiary/aromatic N) is 1. The summed E-state index contributed by atoms with van der Waals surface area (Å²) in [6, 6.07) is 0. The fourth-order valence-electron chi connectivity index (χ4n) is 4.93. The predicted octanol–water partition coefficient (Wildman–Crippen LogP) is 9.91. The van der Waals surface area contributed by atoms with Gasteiger partial charge in [-0.05, 0) is 25.9 Å². The van der Waals surface area contributed by atoms with E-state index >= 15 is 0 Å². The van der Waals surface area contributed by atoms with E-state index in [4.69, 9.17) is 5.11 Å². The lowest BCUT2D eigenvalue weighted by Crippen LogP contribution is -2.33. The van der Waals surface area contributed by atoms with Gasteiger partial charge in [0.1, 0.15) is 0 Å². The van der Waals surface area contributed by atoms with Gasteiger partial charge in [0.05, 0.1) is 6.54 Å². The lowest BCUT2D eigenvalue weighted by molar-refractivity contribution is -0.140. The molecule has 0 aliphatic carbocycles. The van der Waals surface area contributed by atoms with Crippen molar-refractivity contribution in [1.29, 1.82) is 0 Å². The molecule has 0 bridgehead atoms. The maximum absolute atomic E-state index is 11.9. The van der Waals surface area contributed by atoms with E-state index < -0.39 is 12.1 Å². The van der Waals surface area contributed by atoms with Crippen LogP contribution in [0.25, 0.3) is 0 Å². The number of hydrogen-bond acceptors (Lipinski definition) is 4. The van der Waals surface area contributed by atoms with Crippen molar-refractivity contribution in [3.05, 3.63) is 0 Å². The summed E-state index contributed by atoms with van der Waals surface area (Å²) in [5, 5.41) is 8.71. The van der Waals surface area contributed by atoms with E-state index in [0.717, 1.165) is 25.9 Å². The highest BCUT2D eigenvalue weighted by Gasteiger charge is 2.14. The van der Waals surface area contributed by atoms with E-state index in [-0.39, 0.29) is 6.54 Å². The van der Waals surface area contributed by atoms with Gasteiger partial charge < -0.3 is 9.84 Å². The maximum atomic E-state index is 11.9. The molecule has 5 heteroatoms. The van der Waals surface area contributed by atoms with Crippen LogP contribution in [0.15, 0.2) is 0 Å². The molecule has 5 nitrogen and oxygen atoms in total. The average Bonchev–Trinajstić information content (AvgIpc) is 2.84. The van der Waals surface area contributed by atoms with Crippen molar-refractivity contribution in [2.45, 2.75) is 168 Å². The van der Waals surface area contributed by atoms with Crippen molar-refractivity contribution in [1.82, 2.24) is 4.90 Å². The van der Waals surface area contributed by atoms with Gasteiger partial charge in [-0.3, -0.25) is 9.69 Å². The second kappa shape index (κ2) is 28.5. The van der Waals surface area contributed by atoms with Crippen LogP contribution in [0.4, 0.5) is 4.79 Å². The van der Waals surface area contributed by atoms with Crippen molar-refractivity contribution < 1.29 is 19.4 Å². The first-order valence-electron chi connectivity index (χ1n) is 15.8. The topological polar surface area (TPSA) is 66.8 Å². The lowest BCUT2D eigenvalue weighted by Gasteiger charge is -2.20. The van der Waals surface area contributed by atoms with E-state index in [9.17, 15) is 9.59 Å². The van der Waals surface area contributed by atoms with Gasteiger partial charge in [-0.2, -0.15) is 0 Å². The Kier molecular flexibility index (Phi) is 27.6. The van der Waals surface area contributed by atoms with Crippen LogP contribution in [0.5, 0.6) is 0 Å². The molecule has 0 spiro atoms. The van der Waals surface area contributed by atoms with Crippen molar-refractivity contribution >= 4 is 12.1 Å². The van der Waals surface area contributed by atoms with Gasteiger partial charge in [-0.25, -0.2) is 4.79 Å². The lowest BCUT2D eigenvalue weighted by atomic mass is 10.0. The van der Waals surface area contributed by atoms with Crippen LogP contribution in [0.1, 0.15) is 168 Å². The summed E-state index contributed by atoms with van der Waals surface area (Å²) in [4.78, 5) is 24.6. The van der Waals surface area contributed by atoms with Crippen LogP contribution in [-0.4, -0.2) is 41.8 Å². The molecule has 0 rings (SSSR count). The zero-order valence-electron chi connectivity index (χ0n) is 24.2. The molecule has 0 saturated carbocycles. The molecule has 0 unspecified atom stereocenters. The van der Waals surface area contributed by atoms with E-state index in [0.29, 0.717) is 0 Å². The van der Waals surface area contributed by atoms with Gasteiger partial charge in [0.25, 0.3) is 0 Å². The van der Waals surface area contributed by atoms with Crippen LogP contribution in [-0.2, 0) is 9.53 Å². The Morgan fingerprint density at radius 1 is 0.500 bits per heavy atom. The third kappa shape index (κ3) is 27.5. The number of carboxylic acid groups (broad SMARTS) is 1. The van der Waals surface area contributed by atoms with Crippen molar-refractivity contribution in [2.75, 3.05) is 19.6 Å². The summed E-state index contributed by atoms with van der Waals surface area (Å²) in [6.07, 6.45) is 30.0. The normalized spacial score (nSPS) is 11.3. The van der Waals surface area contributed by atoms with E-state index in [1.807, 2.05) is 0 Å². The molecule has 0 aliphatic heterocycles. The molecule has 214 valence electrons. The van der Waals surface area contributed by atoms with Gasteiger partial charge in [-0.1, -0.05) is 155 Å². The van der Waals surface area contributed by atoms with Crippen molar-refractivity contribution in [3.63, 3.8) is 0 Å². The Morgan fingerprint density at radius 2 is 0.778 bits per heavy atom. The number of carbonyl (C=O) groups is 2. The number of unbranched alkanes of at least 4 members (excludes halogenated alkanes) is 22. The Bertz CT molecular complexity index is 455. The number of hydrogen-bond donors (Lipinski definition) is 1. The van der Waals surface area contributed by atoms with Crippen molar-refractivity contribution in [2.24, 2.45) is 0 Å². The molecule has 36 heavy (non-hydrogen) atoms. The quantitative estimate of drug-likeness (QED) is 0.0643. The SMILES string of the molecule is CCCCCCCCCCCCCCN(CCCCCCCCCCCCCC)CC(=O)OC(=O)O. The molecule has 0 amide bonds. The highest BCUT2D eigenvalue weighted by molar-refractivity contribution is 5.82. The van der Waals surface area contributed by atoms with Crippen LogP contribution in [0.2, 0.25) is 0 Å². The summed E-state index contributed by atoms with van der Waals surface area (Å²) >= 11 is 0. The third-order valence-corrected chi connectivity index (χ3v) is 7.21. The van der Waals surface area contributed by atoms with Crippen molar-refractivity contribution in [3.8, 4) is 0 Å². The molecule has 0 aromatic heterocycles. The molecule has 0 aromatic carbocycles. The molecule has 0 saturated heterocycles. The average molecular weight is 512 g/mol. The summed E-state index contributed by atoms with van der Waals surface area (Å²) < 4.78 is 4.34. The zero-order valence-corrected chi connectivity index (χ0v) is 24.2. The van der Waals surface area contributed by atoms with Gasteiger partial charge in [0.15, 0.2) is 0 Å². The zero-order chi connectivity index (χ0) is 26.5. The Balaban J connectivity index is 3.83. The molecule has 0 fully saturated rings. The van der Waals surface area contributed by atoms with Gasteiger partial charge >= 0.3 is 12.1 Å². The Hall–Kier alpha value is -1.10. The van der Waals surface area contributed by atoms with Crippen LogP contribution < -0.4 is 0 Å². The predicted molar refractivity (Wildman–Crippen MR) is 153 cm³/mol. The molecule has 1 N–H and O–H groups in total. The minimum atomic E-state index is -1.50. The molecule has 0 aromatic rings. The summed E-state index contributed by atoms with van der Waals surface area (Å²) in [5.41, 5.74) is 0. The maximum Gasteiger partial charge on any atom is 0.513 e.